The van der Waals surface area contributed by atoms with Gasteiger partial charge in [-0.1, -0.05) is 35.4 Å². The zero-order valence-corrected chi connectivity index (χ0v) is 11.3. The largest absolute Gasteiger partial charge is 0.310 e. The maximum absolute atomic E-state index is 6.08. The SMILES string of the molecule is CNC(C1=CCCCC1)c1ccc(Cl)c(C)c1. The van der Waals surface area contributed by atoms with Crippen molar-refractivity contribution in [1.82, 2.24) is 5.32 Å². The Bertz CT molecular complexity index is 423. The predicted octanol–water partition coefficient (Wildman–Crippen LogP) is 4.41. The van der Waals surface area contributed by atoms with Gasteiger partial charge in [-0.3, -0.25) is 0 Å². The summed E-state index contributed by atoms with van der Waals surface area (Å²) < 4.78 is 0. The van der Waals surface area contributed by atoms with Crippen LogP contribution in [0.15, 0.2) is 29.8 Å². The molecule has 0 amide bonds. The number of aryl methyl sites for hydroxylation is 1. The summed E-state index contributed by atoms with van der Waals surface area (Å²) in [5.74, 6) is 0. The molecule has 92 valence electrons. The van der Waals surface area contributed by atoms with Crippen LogP contribution in [0.4, 0.5) is 0 Å². The minimum absolute atomic E-state index is 0.353. The van der Waals surface area contributed by atoms with E-state index in [-0.39, 0.29) is 0 Å². The van der Waals surface area contributed by atoms with E-state index in [1.807, 2.05) is 13.1 Å². The molecular formula is C15H20ClN. The number of nitrogens with one attached hydrogen (secondary N) is 1. The summed E-state index contributed by atoms with van der Waals surface area (Å²) in [5.41, 5.74) is 4.00. The summed E-state index contributed by atoms with van der Waals surface area (Å²) in [4.78, 5) is 0. The maximum atomic E-state index is 6.08. The van der Waals surface area contributed by atoms with E-state index in [1.165, 1.54) is 36.8 Å². The normalized spacial score (nSPS) is 17.7. The van der Waals surface area contributed by atoms with E-state index in [1.54, 1.807) is 0 Å². The molecule has 1 aromatic rings. The predicted molar refractivity (Wildman–Crippen MR) is 74.5 cm³/mol. The first-order valence-corrected chi connectivity index (χ1v) is 6.72. The second kappa shape index (κ2) is 5.70. The number of likely N-dealkylation sites (N-methyl/N-ethyl adjacent to an activating group) is 1. The smallest absolute Gasteiger partial charge is 0.0533 e. The Balaban J connectivity index is 2.28. The van der Waals surface area contributed by atoms with Gasteiger partial charge in [0, 0.05) is 5.02 Å². The molecule has 0 saturated heterocycles. The minimum atomic E-state index is 0.353. The molecule has 1 nitrogen and oxygen atoms in total. The average Bonchev–Trinajstić information content (AvgIpc) is 2.36. The van der Waals surface area contributed by atoms with E-state index in [0.29, 0.717) is 6.04 Å². The van der Waals surface area contributed by atoms with Gasteiger partial charge in [-0.2, -0.15) is 0 Å². The number of allylic oxidation sites excluding steroid dienone is 1. The van der Waals surface area contributed by atoms with Crippen LogP contribution in [0, 0.1) is 6.92 Å². The summed E-state index contributed by atoms with van der Waals surface area (Å²) in [5, 5.41) is 4.27. The summed E-state index contributed by atoms with van der Waals surface area (Å²) in [7, 11) is 2.03. The van der Waals surface area contributed by atoms with Crippen molar-refractivity contribution >= 4 is 11.6 Å². The van der Waals surface area contributed by atoms with Crippen LogP contribution in [0.5, 0.6) is 0 Å². The molecule has 17 heavy (non-hydrogen) atoms. The highest BCUT2D eigenvalue weighted by molar-refractivity contribution is 6.31. The summed E-state index contributed by atoms with van der Waals surface area (Å²) in [6.07, 6.45) is 7.48. The average molecular weight is 250 g/mol. The van der Waals surface area contributed by atoms with Crippen LogP contribution in [0.2, 0.25) is 5.02 Å². The Hall–Kier alpha value is -0.790. The van der Waals surface area contributed by atoms with Crippen LogP contribution in [-0.2, 0) is 0 Å². The molecule has 1 aliphatic carbocycles. The van der Waals surface area contributed by atoms with Gasteiger partial charge in [-0.15, -0.1) is 0 Å². The van der Waals surface area contributed by atoms with Crippen LogP contribution >= 0.6 is 11.6 Å². The van der Waals surface area contributed by atoms with Gasteiger partial charge < -0.3 is 5.32 Å². The third kappa shape index (κ3) is 2.91. The van der Waals surface area contributed by atoms with Gasteiger partial charge in [0.15, 0.2) is 0 Å². The second-order valence-electron chi connectivity index (χ2n) is 4.76. The number of halogens is 1. The molecular weight excluding hydrogens is 230 g/mol. The fraction of sp³-hybridized carbons (Fsp3) is 0.467. The monoisotopic (exact) mass is 249 g/mol. The standard InChI is InChI=1S/C15H20ClN/c1-11-10-13(8-9-14(11)16)15(17-2)12-6-4-3-5-7-12/h6,8-10,15,17H,3-5,7H2,1-2H3. The van der Waals surface area contributed by atoms with Crippen molar-refractivity contribution in [1.29, 1.82) is 0 Å². The minimum Gasteiger partial charge on any atom is -0.310 e. The number of rotatable bonds is 3. The Labute approximate surface area is 109 Å². The number of benzene rings is 1. The Morgan fingerprint density at radius 1 is 1.29 bits per heavy atom. The first-order chi connectivity index (χ1) is 8.22. The van der Waals surface area contributed by atoms with Crippen molar-refractivity contribution < 1.29 is 0 Å². The van der Waals surface area contributed by atoms with Crippen LogP contribution in [0.3, 0.4) is 0 Å². The van der Waals surface area contributed by atoms with Crippen LogP contribution in [-0.4, -0.2) is 7.05 Å². The molecule has 1 aliphatic rings. The van der Waals surface area contributed by atoms with Gasteiger partial charge in [0.25, 0.3) is 0 Å². The maximum Gasteiger partial charge on any atom is 0.0533 e. The molecule has 0 saturated carbocycles. The van der Waals surface area contributed by atoms with Crippen molar-refractivity contribution in [2.45, 2.75) is 38.6 Å². The number of hydrogen-bond donors (Lipinski definition) is 1. The molecule has 0 aromatic heterocycles. The van der Waals surface area contributed by atoms with Crippen molar-refractivity contribution in [3.8, 4) is 0 Å². The van der Waals surface area contributed by atoms with Gasteiger partial charge in [-0.25, -0.2) is 0 Å². The van der Waals surface area contributed by atoms with Crippen molar-refractivity contribution in [2.24, 2.45) is 0 Å². The first-order valence-electron chi connectivity index (χ1n) is 6.34. The van der Waals surface area contributed by atoms with Gasteiger partial charge >= 0.3 is 0 Å². The summed E-state index contributed by atoms with van der Waals surface area (Å²) in [6.45, 7) is 2.06. The van der Waals surface area contributed by atoms with Crippen LogP contribution in [0.25, 0.3) is 0 Å². The molecule has 0 radical (unpaired) electrons. The fourth-order valence-electron chi connectivity index (χ4n) is 2.54. The first kappa shape index (κ1) is 12.7. The van der Waals surface area contributed by atoms with Gasteiger partial charge in [0.05, 0.1) is 6.04 Å². The second-order valence-corrected chi connectivity index (χ2v) is 5.16. The van der Waals surface area contributed by atoms with Crippen LogP contribution in [0.1, 0.15) is 42.9 Å². The number of hydrogen-bond acceptors (Lipinski definition) is 1. The van der Waals surface area contributed by atoms with Crippen molar-refractivity contribution in [3.05, 3.63) is 46.0 Å². The molecule has 0 aliphatic heterocycles. The molecule has 0 heterocycles. The quantitative estimate of drug-likeness (QED) is 0.783. The lowest BCUT2D eigenvalue weighted by Gasteiger charge is -2.23. The van der Waals surface area contributed by atoms with E-state index in [9.17, 15) is 0 Å². The Morgan fingerprint density at radius 3 is 2.71 bits per heavy atom. The molecule has 2 heteroatoms. The van der Waals surface area contributed by atoms with E-state index in [4.69, 9.17) is 11.6 Å². The van der Waals surface area contributed by atoms with Crippen molar-refractivity contribution in [2.75, 3.05) is 7.05 Å². The highest BCUT2D eigenvalue weighted by Gasteiger charge is 2.16. The summed E-state index contributed by atoms with van der Waals surface area (Å²) >= 11 is 6.08. The highest BCUT2D eigenvalue weighted by atomic mass is 35.5. The molecule has 1 aromatic carbocycles. The zero-order valence-electron chi connectivity index (χ0n) is 10.6. The lowest BCUT2D eigenvalue weighted by Crippen LogP contribution is -2.20. The highest BCUT2D eigenvalue weighted by Crippen LogP contribution is 2.31. The molecule has 0 spiro atoms. The van der Waals surface area contributed by atoms with Crippen LogP contribution < -0.4 is 5.32 Å². The topological polar surface area (TPSA) is 12.0 Å². The Kier molecular flexibility index (Phi) is 4.25. The van der Waals surface area contributed by atoms with Crippen molar-refractivity contribution in [3.63, 3.8) is 0 Å². The zero-order chi connectivity index (χ0) is 12.3. The third-order valence-corrected chi connectivity index (χ3v) is 3.92. The molecule has 0 fully saturated rings. The van der Waals surface area contributed by atoms with E-state index in [0.717, 1.165) is 10.6 Å². The molecule has 1 unspecified atom stereocenters. The van der Waals surface area contributed by atoms with Gasteiger partial charge in [0.2, 0.25) is 0 Å². The van der Waals surface area contributed by atoms with Gasteiger partial charge in [-0.05, 0) is 56.8 Å². The third-order valence-electron chi connectivity index (χ3n) is 3.50. The molecule has 1 N–H and O–H groups in total. The molecule has 0 bridgehead atoms. The van der Waals surface area contributed by atoms with Gasteiger partial charge in [0.1, 0.15) is 0 Å². The lowest BCUT2D eigenvalue weighted by atomic mass is 9.89. The lowest BCUT2D eigenvalue weighted by molar-refractivity contribution is 0.593. The van der Waals surface area contributed by atoms with E-state index >= 15 is 0 Å². The van der Waals surface area contributed by atoms with E-state index in [2.05, 4.69) is 30.4 Å². The Morgan fingerprint density at radius 2 is 2.12 bits per heavy atom. The summed E-state index contributed by atoms with van der Waals surface area (Å²) in [6, 6.07) is 6.68. The molecule has 2 rings (SSSR count). The van der Waals surface area contributed by atoms with E-state index < -0.39 is 0 Å². The molecule has 1 atom stereocenters. The fourth-order valence-corrected chi connectivity index (χ4v) is 2.66.